The molecule has 0 spiro atoms. The molecule has 0 amide bonds. The number of rotatable bonds is 4. The van der Waals surface area contributed by atoms with E-state index in [-0.39, 0.29) is 0 Å². The molecule has 0 aliphatic carbocycles. The van der Waals surface area contributed by atoms with Crippen LogP contribution in [0.3, 0.4) is 0 Å². The minimum atomic E-state index is 0.666. The number of nitrogens with two attached hydrogens (primary N) is 1. The number of halogens is 1. The maximum atomic E-state index is 5.68. The van der Waals surface area contributed by atoms with Gasteiger partial charge in [0.15, 0.2) is 5.13 Å². The molecule has 0 atom stereocenters. The molecule has 0 radical (unpaired) electrons. The Morgan fingerprint density at radius 2 is 1.67 bits per heavy atom. The van der Waals surface area contributed by atoms with E-state index in [9.17, 15) is 0 Å². The normalized spacial score (nSPS) is 17.2. The third kappa shape index (κ3) is 4.26. The van der Waals surface area contributed by atoms with Crippen LogP contribution in [0.4, 0.5) is 5.13 Å². The highest BCUT2D eigenvalue weighted by atomic mass is 79.9. The van der Waals surface area contributed by atoms with Crippen molar-refractivity contribution in [3.05, 3.63) is 45.4 Å². The van der Waals surface area contributed by atoms with Crippen LogP contribution in [0.15, 0.2) is 34.9 Å². The third-order valence-corrected chi connectivity index (χ3v) is 5.08. The number of nitrogens with zero attached hydrogens (tertiary/aromatic N) is 3. The van der Waals surface area contributed by atoms with Gasteiger partial charge in [0.2, 0.25) is 0 Å². The molecule has 1 saturated heterocycles. The first-order valence-corrected chi connectivity index (χ1v) is 8.69. The van der Waals surface area contributed by atoms with E-state index in [0.717, 1.165) is 43.7 Å². The van der Waals surface area contributed by atoms with Gasteiger partial charge in [0.05, 0.1) is 0 Å². The number of benzene rings is 1. The average molecular weight is 367 g/mol. The predicted molar refractivity (Wildman–Crippen MR) is 91.2 cm³/mol. The van der Waals surface area contributed by atoms with Gasteiger partial charge in [0.1, 0.15) is 0 Å². The molecule has 2 aromatic rings. The van der Waals surface area contributed by atoms with Crippen molar-refractivity contribution in [2.75, 3.05) is 31.9 Å². The molecule has 1 aromatic carbocycles. The van der Waals surface area contributed by atoms with Crippen molar-refractivity contribution >= 4 is 32.4 Å². The molecule has 1 aliphatic rings. The standard InChI is InChI=1S/C15H19BrN4S/c16-13-3-1-12(2-4-13)10-19-5-7-20(8-6-19)11-14-9-18-15(17)21-14/h1-4,9H,5-8,10-11H2,(H2,17,18). The summed E-state index contributed by atoms with van der Waals surface area (Å²) in [6, 6.07) is 8.60. The van der Waals surface area contributed by atoms with Crippen molar-refractivity contribution in [3.63, 3.8) is 0 Å². The van der Waals surface area contributed by atoms with Crippen LogP contribution in [0.1, 0.15) is 10.4 Å². The number of piperazine rings is 1. The maximum Gasteiger partial charge on any atom is 0.180 e. The van der Waals surface area contributed by atoms with Gasteiger partial charge in [0.25, 0.3) is 0 Å². The van der Waals surface area contributed by atoms with Crippen LogP contribution in [0, 0.1) is 0 Å². The molecule has 3 rings (SSSR count). The van der Waals surface area contributed by atoms with E-state index < -0.39 is 0 Å². The Hall–Kier alpha value is -0.950. The number of anilines is 1. The molecule has 1 aromatic heterocycles. The summed E-state index contributed by atoms with van der Waals surface area (Å²) in [6.45, 7) is 6.45. The Balaban J connectivity index is 1.47. The maximum absolute atomic E-state index is 5.68. The summed E-state index contributed by atoms with van der Waals surface area (Å²) in [5.74, 6) is 0. The zero-order chi connectivity index (χ0) is 14.7. The number of thiazole rings is 1. The fourth-order valence-electron chi connectivity index (χ4n) is 2.57. The molecule has 6 heteroatoms. The van der Waals surface area contributed by atoms with Crippen LogP contribution < -0.4 is 5.73 Å². The van der Waals surface area contributed by atoms with Gasteiger partial charge in [-0.1, -0.05) is 28.1 Å². The van der Waals surface area contributed by atoms with Gasteiger partial charge < -0.3 is 5.73 Å². The van der Waals surface area contributed by atoms with Gasteiger partial charge in [-0.2, -0.15) is 0 Å². The van der Waals surface area contributed by atoms with Crippen LogP contribution in [0.25, 0.3) is 0 Å². The number of hydrogen-bond donors (Lipinski definition) is 1. The molecular weight excluding hydrogens is 348 g/mol. The summed E-state index contributed by atoms with van der Waals surface area (Å²) >= 11 is 5.07. The summed E-state index contributed by atoms with van der Waals surface area (Å²) in [5, 5.41) is 0.666. The zero-order valence-corrected chi connectivity index (χ0v) is 14.2. The Labute approximate surface area is 137 Å². The lowest BCUT2D eigenvalue weighted by atomic mass is 10.2. The summed E-state index contributed by atoms with van der Waals surface area (Å²) in [4.78, 5) is 10.4. The Kier molecular flexibility index (Phi) is 4.90. The molecule has 2 heterocycles. The first kappa shape index (κ1) is 15.0. The largest absolute Gasteiger partial charge is 0.375 e. The van der Waals surface area contributed by atoms with Crippen LogP contribution in [0.2, 0.25) is 0 Å². The lowest BCUT2D eigenvalue weighted by Crippen LogP contribution is -2.45. The van der Waals surface area contributed by atoms with E-state index in [4.69, 9.17) is 5.73 Å². The van der Waals surface area contributed by atoms with E-state index in [1.165, 1.54) is 10.4 Å². The molecule has 0 saturated carbocycles. The highest BCUT2D eigenvalue weighted by Gasteiger charge is 2.17. The van der Waals surface area contributed by atoms with Crippen molar-refractivity contribution < 1.29 is 0 Å². The Morgan fingerprint density at radius 1 is 1.05 bits per heavy atom. The van der Waals surface area contributed by atoms with Crippen LogP contribution >= 0.6 is 27.3 Å². The highest BCUT2D eigenvalue weighted by molar-refractivity contribution is 9.10. The topological polar surface area (TPSA) is 45.4 Å². The van der Waals surface area contributed by atoms with E-state index in [1.807, 2.05) is 6.20 Å². The number of aromatic nitrogens is 1. The van der Waals surface area contributed by atoms with Gasteiger partial charge in [-0.3, -0.25) is 9.80 Å². The van der Waals surface area contributed by atoms with E-state index in [0.29, 0.717) is 5.13 Å². The summed E-state index contributed by atoms with van der Waals surface area (Å²) in [5.41, 5.74) is 7.06. The number of hydrogen-bond acceptors (Lipinski definition) is 5. The zero-order valence-electron chi connectivity index (χ0n) is 11.8. The van der Waals surface area contributed by atoms with Crippen molar-refractivity contribution in [1.82, 2.24) is 14.8 Å². The van der Waals surface area contributed by atoms with Crippen molar-refractivity contribution in [2.24, 2.45) is 0 Å². The lowest BCUT2D eigenvalue weighted by molar-refractivity contribution is 0.123. The van der Waals surface area contributed by atoms with Gasteiger partial charge >= 0.3 is 0 Å². The van der Waals surface area contributed by atoms with E-state index >= 15 is 0 Å². The highest BCUT2D eigenvalue weighted by Crippen LogP contribution is 2.18. The van der Waals surface area contributed by atoms with Gasteiger partial charge in [-0.05, 0) is 17.7 Å². The second-order valence-corrected chi connectivity index (χ2v) is 7.41. The Bertz CT molecular complexity index is 576. The van der Waals surface area contributed by atoms with Crippen LogP contribution in [0.5, 0.6) is 0 Å². The first-order chi connectivity index (χ1) is 10.2. The van der Waals surface area contributed by atoms with E-state index in [1.54, 1.807) is 11.3 Å². The molecular formula is C15H19BrN4S. The van der Waals surface area contributed by atoms with Crippen molar-refractivity contribution in [3.8, 4) is 0 Å². The summed E-state index contributed by atoms with van der Waals surface area (Å²) in [7, 11) is 0. The second kappa shape index (κ2) is 6.87. The van der Waals surface area contributed by atoms with Crippen molar-refractivity contribution in [1.29, 1.82) is 0 Å². The smallest absolute Gasteiger partial charge is 0.180 e. The quantitative estimate of drug-likeness (QED) is 0.903. The predicted octanol–water partition coefficient (Wildman–Crippen LogP) is 2.81. The Morgan fingerprint density at radius 3 is 2.24 bits per heavy atom. The van der Waals surface area contributed by atoms with Crippen LogP contribution in [-0.4, -0.2) is 41.0 Å². The van der Waals surface area contributed by atoms with Crippen molar-refractivity contribution in [2.45, 2.75) is 13.1 Å². The molecule has 2 N–H and O–H groups in total. The lowest BCUT2D eigenvalue weighted by Gasteiger charge is -2.34. The van der Waals surface area contributed by atoms with Gasteiger partial charge in [-0.25, -0.2) is 4.98 Å². The SMILES string of the molecule is Nc1ncc(CN2CCN(Cc3ccc(Br)cc3)CC2)s1. The molecule has 0 bridgehead atoms. The minimum Gasteiger partial charge on any atom is -0.375 e. The van der Waals surface area contributed by atoms with Gasteiger partial charge in [0, 0.05) is 54.8 Å². The molecule has 1 aliphatic heterocycles. The molecule has 4 nitrogen and oxygen atoms in total. The minimum absolute atomic E-state index is 0.666. The first-order valence-electron chi connectivity index (χ1n) is 7.08. The fraction of sp³-hybridized carbons (Fsp3) is 0.400. The second-order valence-electron chi connectivity index (χ2n) is 5.34. The molecule has 1 fully saturated rings. The molecule has 0 unspecified atom stereocenters. The van der Waals surface area contributed by atoms with E-state index in [2.05, 4.69) is 55.0 Å². The fourth-order valence-corrected chi connectivity index (χ4v) is 3.56. The molecule has 21 heavy (non-hydrogen) atoms. The van der Waals surface area contributed by atoms with Crippen LogP contribution in [-0.2, 0) is 13.1 Å². The molecule has 112 valence electrons. The third-order valence-electron chi connectivity index (χ3n) is 3.74. The summed E-state index contributed by atoms with van der Waals surface area (Å²) < 4.78 is 1.14. The average Bonchev–Trinajstić information content (AvgIpc) is 2.89. The summed E-state index contributed by atoms with van der Waals surface area (Å²) in [6.07, 6.45) is 1.90. The number of nitrogen functional groups attached to an aromatic ring is 1. The van der Waals surface area contributed by atoms with Gasteiger partial charge in [-0.15, -0.1) is 11.3 Å². The monoisotopic (exact) mass is 366 g/mol.